The van der Waals surface area contributed by atoms with Crippen LogP contribution < -0.4 is 10.2 Å². The number of hydrogen-bond acceptors (Lipinski definition) is 3. The Morgan fingerprint density at radius 3 is 2.59 bits per heavy atom. The number of halogens is 4. The first kappa shape index (κ1) is 24.0. The number of rotatable bonds is 8. The standard InChI is InChI=1S/C23H22Cl2F2N2O3/c1-3-32-21-16(12-29(23(21)31)20-9-7-15(26)11-19(20)27)22(30)28-13(2)4-5-14-6-8-17(24)18(25)10-14/h6-11,13H,3-5,12H2,1-2H3,(H,28,30)/t13-/m1/s1. The van der Waals surface area contributed by atoms with Gasteiger partial charge in [0, 0.05) is 12.1 Å². The molecule has 1 atom stereocenters. The van der Waals surface area contributed by atoms with Crippen molar-refractivity contribution in [2.24, 2.45) is 0 Å². The smallest absolute Gasteiger partial charge is 0.294 e. The zero-order valence-corrected chi connectivity index (χ0v) is 19.1. The number of carbonyl (C=O) groups excluding carboxylic acids is 2. The molecule has 0 unspecified atom stereocenters. The molecule has 0 spiro atoms. The van der Waals surface area contributed by atoms with Crippen molar-refractivity contribution in [2.45, 2.75) is 32.7 Å². The van der Waals surface area contributed by atoms with Crippen molar-refractivity contribution in [1.29, 1.82) is 0 Å². The molecule has 0 aromatic heterocycles. The molecule has 1 aliphatic heterocycles. The molecule has 3 rings (SSSR count). The lowest BCUT2D eigenvalue weighted by atomic mass is 10.1. The number of anilines is 1. The fourth-order valence-electron chi connectivity index (χ4n) is 3.38. The number of nitrogens with one attached hydrogen (secondary N) is 1. The van der Waals surface area contributed by atoms with E-state index in [9.17, 15) is 18.4 Å². The summed E-state index contributed by atoms with van der Waals surface area (Å²) in [4.78, 5) is 26.7. The molecular weight excluding hydrogens is 461 g/mol. The molecule has 2 amide bonds. The highest BCUT2D eigenvalue weighted by Gasteiger charge is 2.37. The molecule has 0 saturated heterocycles. The Kier molecular flexibility index (Phi) is 7.74. The molecule has 2 aromatic carbocycles. The van der Waals surface area contributed by atoms with Crippen LogP contribution in [0, 0.1) is 11.6 Å². The average Bonchev–Trinajstić information content (AvgIpc) is 3.05. The predicted octanol–water partition coefficient (Wildman–Crippen LogP) is 5.05. The van der Waals surface area contributed by atoms with Crippen molar-refractivity contribution in [3.8, 4) is 0 Å². The minimum absolute atomic E-state index is 0.0990. The van der Waals surface area contributed by atoms with Crippen molar-refractivity contribution < 1.29 is 23.1 Å². The summed E-state index contributed by atoms with van der Waals surface area (Å²) in [5.41, 5.74) is 0.953. The maximum absolute atomic E-state index is 14.2. The summed E-state index contributed by atoms with van der Waals surface area (Å²) in [6.07, 6.45) is 1.27. The summed E-state index contributed by atoms with van der Waals surface area (Å²) in [6, 6.07) is 8.03. The molecule has 1 aliphatic rings. The highest BCUT2D eigenvalue weighted by atomic mass is 35.5. The van der Waals surface area contributed by atoms with Gasteiger partial charge in [0.05, 0.1) is 34.5 Å². The van der Waals surface area contributed by atoms with E-state index in [2.05, 4.69) is 5.32 Å². The fourth-order valence-corrected chi connectivity index (χ4v) is 3.70. The maximum atomic E-state index is 14.2. The molecule has 1 heterocycles. The van der Waals surface area contributed by atoms with Gasteiger partial charge in [-0.1, -0.05) is 29.3 Å². The second kappa shape index (κ2) is 10.3. The number of ether oxygens (including phenoxy) is 1. The number of amides is 2. The highest BCUT2D eigenvalue weighted by Crippen LogP contribution is 2.29. The van der Waals surface area contributed by atoms with Gasteiger partial charge in [0.15, 0.2) is 5.76 Å². The van der Waals surface area contributed by atoms with E-state index in [0.29, 0.717) is 29.0 Å². The molecular formula is C23H22Cl2F2N2O3. The third kappa shape index (κ3) is 5.40. The van der Waals surface area contributed by atoms with Crippen LogP contribution >= 0.6 is 23.2 Å². The lowest BCUT2D eigenvalue weighted by molar-refractivity contribution is -0.120. The Labute approximate surface area is 194 Å². The van der Waals surface area contributed by atoms with Crippen LogP contribution in [0.15, 0.2) is 47.7 Å². The number of hydrogen-bond donors (Lipinski definition) is 1. The van der Waals surface area contributed by atoms with Gasteiger partial charge in [-0.3, -0.25) is 14.5 Å². The van der Waals surface area contributed by atoms with Crippen molar-refractivity contribution in [1.82, 2.24) is 5.32 Å². The van der Waals surface area contributed by atoms with E-state index < -0.39 is 23.4 Å². The normalized spacial score (nSPS) is 14.7. The van der Waals surface area contributed by atoms with E-state index in [1.54, 1.807) is 19.1 Å². The van der Waals surface area contributed by atoms with Crippen LogP contribution in [0.2, 0.25) is 10.0 Å². The van der Waals surface area contributed by atoms with Crippen LogP contribution in [0.5, 0.6) is 0 Å². The summed E-state index contributed by atoms with van der Waals surface area (Å²) in [5, 5.41) is 3.79. The van der Waals surface area contributed by atoms with Crippen molar-refractivity contribution in [2.75, 3.05) is 18.1 Å². The number of nitrogens with zero attached hydrogens (tertiary/aromatic N) is 1. The molecule has 0 radical (unpaired) electrons. The highest BCUT2D eigenvalue weighted by molar-refractivity contribution is 6.42. The molecule has 0 aliphatic carbocycles. The Bertz CT molecular complexity index is 1080. The lowest BCUT2D eigenvalue weighted by Gasteiger charge is -2.18. The van der Waals surface area contributed by atoms with Crippen LogP contribution in [0.4, 0.5) is 14.5 Å². The third-order valence-corrected chi connectivity index (χ3v) is 5.76. The Morgan fingerprint density at radius 1 is 1.19 bits per heavy atom. The maximum Gasteiger partial charge on any atom is 0.294 e. The second-order valence-electron chi connectivity index (χ2n) is 7.39. The molecule has 0 bridgehead atoms. The molecule has 32 heavy (non-hydrogen) atoms. The van der Waals surface area contributed by atoms with Crippen LogP contribution in [0.3, 0.4) is 0 Å². The summed E-state index contributed by atoms with van der Waals surface area (Å²) >= 11 is 12.0. The summed E-state index contributed by atoms with van der Waals surface area (Å²) in [6.45, 7) is 3.49. The summed E-state index contributed by atoms with van der Waals surface area (Å²) in [5.74, 6) is -2.92. The SMILES string of the molecule is CCOC1=C(C(=O)N[C@H](C)CCc2ccc(Cl)c(Cl)c2)CN(c2ccc(F)cc2F)C1=O. The lowest BCUT2D eigenvalue weighted by Crippen LogP contribution is -2.36. The zero-order chi connectivity index (χ0) is 23.4. The van der Waals surface area contributed by atoms with Gasteiger partial charge in [-0.05, 0) is 56.5 Å². The Hall–Kier alpha value is -2.64. The van der Waals surface area contributed by atoms with Gasteiger partial charge >= 0.3 is 0 Å². The molecule has 0 fully saturated rings. The van der Waals surface area contributed by atoms with Crippen LogP contribution in [0.1, 0.15) is 25.8 Å². The zero-order valence-electron chi connectivity index (χ0n) is 17.6. The third-order valence-electron chi connectivity index (χ3n) is 5.02. The van der Waals surface area contributed by atoms with Gasteiger partial charge in [0.1, 0.15) is 11.6 Å². The van der Waals surface area contributed by atoms with Crippen molar-refractivity contribution in [3.05, 3.63) is 75.0 Å². The fraction of sp³-hybridized carbons (Fsp3) is 0.304. The minimum atomic E-state index is -0.897. The summed E-state index contributed by atoms with van der Waals surface area (Å²) in [7, 11) is 0. The van der Waals surface area contributed by atoms with Gasteiger partial charge in [0.2, 0.25) is 0 Å². The molecule has 1 N–H and O–H groups in total. The second-order valence-corrected chi connectivity index (χ2v) is 8.20. The van der Waals surface area contributed by atoms with Crippen LogP contribution in [0.25, 0.3) is 0 Å². The van der Waals surface area contributed by atoms with Crippen LogP contribution in [-0.2, 0) is 20.7 Å². The molecule has 170 valence electrons. The number of carbonyl (C=O) groups is 2. The summed E-state index contributed by atoms with van der Waals surface area (Å²) < 4.78 is 32.9. The average molecular weight is 483 g/mol. The number of benzene rings is 2. The van der Waals surface area contributed by atoms with E-state index in [0.717, 1.165) is 22.6 Å². The van der Waals surface area contributed by atoms with Crippen LogP contribution in [-0.4, -0.2) is 31.0 Å². The molecule has 9 heteroatoms. The van der Waals surface area contributed by atoms with Crippen molar-refractivity contribution in [3.63, 3.8) is 0 Å². The van der Waals surface area contributed by atoms with E-state index in [-0.39, 0.29) is 36.2 Å². The van der Waals surface area contributed by atoms with E-state index >= 15 is 0 Å². The van der Waals surface area contributed by atoms with Gasteiger partial charge in [-0.2, -0.15) is 0 Å². The van der Waals surface area contributed by atoms with Gasteiger partial charge in [-0.15, -0.1) is 0 Å². The van der Waals surface area contributed by atoms with E-state index in [1.165, 1.54) is 0 Å². The monoisotopic (exact) mass is 482 g/mol. The van der Waals surface area contributed by atoms with E-state index in [4.69, 9.17) is 27.9 Å². The van der Waals surface area contributed by atoms with Gasteiger partial charge in [0.25, 0.3) is 11.8 Å². The number of aryl methyl sites for hydroxylation is 1. The van der Waals surface area contributed by atoms with Gasteiger partial charge < -0.3 is 10.1 Å². The van der Waals surface area contributed by atoms with Gasteiger partial charge in [-0.25, -0.2) is 8.78 Å². The van der Waals surface area contributed by atoms with Crippen molar-refractivity contribution >= 4 is 40.7 Å². The first-order valence-corrected chi connectivity index (χ1v) is 10.8. The molecule has 5 nitrogen and oxygen atoms in total. The Morgan fingerprint density at radius 2 is 1.94 bits per heavy atom. The quantitative estimate of drug-likeness (QED) is 0.572. The molecule has 2 aromatic rings. The minimum Gasteiger partial charge on any atom is -0.488 e. The first-order chi connectivity index (χ1) is 15.2. The Balaban J connectivity index is 1.70. The molecule has 0 saturated carbocycles. The first-order valence-electron chi connectivity index (χ1n) is 10.1. The predicted molar refractivity (Wildman–Crippen MR) is 120 cm³/mol. The van der Waals surface area contributed by atoms with E-state index in [1.807, 2.05) is 13.0 Å². The largest absolute Gasteiger partial charge is 0.488 e. The topological polar surface area (TPSA) is 58.6 Å².